The highest BCUT2D eigenvalue weighted by Gasteiger charge is 2.22. The van der Waals surface area contributed by atoms with Crippen LogP contribution in [0.15, 0.2) is 36.4 Å². The molecular formula is C17H15Cl2NO. The van der Waals surface area contributed by atoms with Gasteiger partial charge >= 0.3 is 0 Å². The molecule has 0 aliphatic carbocycles. The molecule has 0 saturated carbocycles. The Balaban J connectivity index is 1.94. The average Bonchev–Trinajstić information content (AvgIpc) is 2.89. The Hall–Kier alpha value is -1.51. The van der Waals surface area contributed by atoms with Crippen molar-refractivity contribution in [2.24, 2.45) is 0 Å². The molecule has 21 heavy (non-hydrogen) atoms. The van der Waals surface area contributed by atoms with Crippen LogP contribution >= 0.6 is 23.2 Å². The molecule has 3 rings (SSSR count). The minimum Gasteiger partial charge on any atom is -0.334 e. The lowest BCUT2D eigenvalue weighted by atomic mass is 10.0. The van der Waals surface area contributed by atoms with Crippen molar-refractivity contribution in [1.29, 1.82) is 0 Å². The van der Waals surface area contributed by atoms with E-state index in [0.29, 0.717) is 29.6 Å². The highest BCUT2D eigenvalue weighted by atomic mass is 35.5. The van der Waals surface area contributed by atoms with Crippen molar-refractivity contribution in [3.8, 4) is 11.1 Å². The van der Waals surface area contributed by atoms with E-state index in [1.54, 1.807) is 6.07 Å². The zero-order valence-electron chi connectivity index (χ0n) is 11.7. The van der Waals surface area contributed by atoms with E-state index >= 15 is 0 Å². The molecule has 2 aromatic carbocycles. The monoisotopic (exact) mass is 319 g/mol. The molecule has 1 heterocycles. The van der Waals surface area contributed by atoms with Gasteiger partial charge in [-0.2, -0.15) is 0 Å². The van der Waals surface area contributed by atoms with Gasteiger partial charge in [0.25, 0.3) is 0 Å². The van der Waals surface area contributed by atoms with Gasteiger partial charge in [-0.25, -0.2) is 0 Å². The van der Waals surface area contributed by atoms with Crippen molar-refractivity contribution < 1.29 is 4.79 Å². The Labute approximate surface area is 134 Å². The van der Waals surface area contributed by atoms with Gasteiger partial charge in [0.15, 0.2) is 0 Å². The van der Waals surface area contributed by atoms with Crippen LogP contribution in [-0.2, 0) is 17.9 Å². The average molecular weight is 320 g/mol. The van der Waals surface area contributed by atoms with Gasteiger partial charge in [0.1, 0.15) is 0 Å². The number of hydrogen-bond donors (Lipinski definition) is 0. The van der Waals surface area contributed by atoms with Crippen molar-refractivity contribution in [3.05, 3.63) is 57.6 Å². The fourth-order valence-electron chi connectivity index (χ4n) is 2.69. The molecule has 2 aromatic rings. The van der Waals surface area contributed by atoms with Gasteiger partial charge in [0.2, 0.25) is 5.91 Å². The number of carbonyl (C=O) groups excluding carboxylic acids is 1. The van der Waals surface area contributed by atoms with E-state index in [1.807, 2.05) is 30.0 Å². The number of carbonyl (C=O) groups is 1. The third kappa shape index (κ3) is 2.78. The number of halogens is 2. The van der Waals surface area contributed by atoms with Gasteiger partial charge in [-0.3, -0.25) is 4.79 Å². The number of amides is 1. The minimum atomic E-state index is 0.192. The van der Waals surface area contributed by atoms with Crippen LogP contribution in [0.25, 0.3) is 11.1 Å². The van der Waals surface area contributed by atoms with E-state index in [2.05, 4.69) is 12.1 Å². The molecule has 1 amide bonds. The van der Waals surface area contributed by atoms with Gasteiger partial charge in [0, 0.05) is 35.1 Å². The van der Waals surface area contributed by atoms with Crippen LogP contribution in [0.2, 0.25) is 10.0 Å². The summed E-state index contributed by atoms with van der Waals surface area (Å²) in [6.07, 6.45) is 0.545. The van der Waals surface area contributed by atoms with Crippen LogP contribution in [0.3, 0.4) is 0 Å². The van der Waals surface area contributed by atoms with E-state index in [4.69, 9.17) is 23.2 Å². The lowest BCUT2D eigenvalue weighted by Gasteiger charge is -2.13. The summed E-state index contributed by atoms with van der Waals surface area (Å²) in [6.45, 7) is 3.28. The second-order valence-electron chi connectivity index (χ2n) is 5.21. The minimum absolute atomic E-state index is 0.192. The Morgan fingerprint density at radius 1 is 1.10 bits per heavy atom. The fourth-order valence-corrected chi connectivity index (χ4v) is 3.20. The van der Waals surface area contributed by atoms with E-state index < -0.39 is 0 Å². The lowest BCUT2D eigenvalue weighted by Crippen LogP contribution is -2.23. The van der Waals surface area contributed by atoms with Crippen LogP contribution in [0, 0.1) is 0 Å². The lowest BCUT2D eigenvalue weighted by molar-refractivity contribution is -0.131. The van der Waals surface area contributed by atoms with Gasteiger partial charge in [-0.05, 0) is 34.9 Å². The first-order valence-electron chi connectivity index (χ1n) is 6.93. The normalized spacial score (nSPS) is 13.4. The summed E-state index contributed by atoms with van der Waals surface area (Å²) in [5.41, 5.74) is 4.43. The first-order valence-corrected chi connectivity index (χ1v) is 7.69. The molecule has 108 valence electrons. The summed E-state index contributed by atoms with van der Waals surface area (Å²) in [5, 5.41) is 1.27. The highest BCUT2D eigenvalue weighted by Crippen LogP contribution is 2.33. The molecule has 0 aromatic heterocycles. The van der Waals surface area contributed by atoms with Gasteiger partial charge < -0.3 is 4.90 Å². The summed E-state index contributed by atoms with van der Waals surface area (Å²) in [7, 11) is 0. The first kappa shape index (κ1) is 14.4. The zero-order chi connectivity index (χ0) is 15.0. The standard InChI is InChI=1S/C17H15Cl2NO/c1-2-17(21)20-9-12-4-3-11(7-13(12)10-20)15-6-5-14(18)8-16(15)19/h3-8H,2,9-10H2,1H3. The van der Waals surface area contributed by atoms with Gasteiger partial charge in [-0.1, -0.05) is 48.3 Å². The smallest absolute Gasteiger partial charge is 0.222 e. The summed E-state index contributed by atoms with van der Waals surface area (Å²) in [4.78, 5) is 13.7. The molecule has 0 saturated heterocycles. The predicted molar refractivity (Wildman–Crippen MR) is 86.4 cm³/mol. The number of hydrogen-bond acceptors (Lipinski definition) is 1. The zero-order valence-corrected chi connectivity index (χ0v) is 13.2. The molecular weight excluding hydrogens is 305 g/mol. The summed E-state index contributed by atoms with van der Waals surface area (Å²) in [6, 6.07) is 11.8. The van der Waals surface area contributed by atoms with Crippen LogP contribution in [0.4, 0.5) is 0 Å². The Kier molecular flexibility index (Phi) is 3.92. The summed E-state index contributed by atoms with van der Waals surface area (Å²) < 4.78 is 0. The molecule has 4 heteroatoms. The second-order valence-corrected chi connectivity index (χ2v) is 6.05. The van der Waals surface area contributed by atoms with Gasteiger partial charge in [-0.15, -0.1) is 0 Å². The number of rotatable bonds is 2. The molecule has 0 N–H and O–H groups in total. The molecule has 1 aliphatic heterocycles. The van der Waals surface area contributed by atoms with Gasteiger partial charge in [0.05, 0.1) is 0 Å². The molecule has 0 fully saturated rings. The van der Waals surface area contributed by atoms with Crippen LogP contribution in [-0.4, -0.2) is 10.8 Å². The van der Waals surface area contributed by atoms with E-state index in [0.717, 1.165) is 11.1 Å². The summed E-state index contributed by atoms with van der Waals surface area (Å²) in [5.74, 6) is 0.192. The maximum absolute atomic E-state index is 11.8. The van der Waals surface area contributed by atoms with Crippen molar-refractivity contribution in [3.63, 3.8) is 0 Å². The molecule has 0 unspecified atom stereocenters. The fraction of sp³-hybridized carbons (Fsp3) is 0.235. The van der Waals surface area contributed by atoms with Crippen molar-refractivity contribution >= 4 is 29.1 Å². The third-order valence-electron chi connectivity index (χ3n) is 3.83. The number of benzene rings is 2. The highest BCUT2D eigenvalue weighted by molar-refractivity contribution is 6.36. The Morgan fingerprint density at radius 3 is 2.57 bits per heavy atom. The van der Waals surface area contributed by atoms with Crippen LogP contribution in [0.1, 0.15) is 24.5 Å². The maximum atomic E-state index is 11.8. The van der Waals surface area contributed by atoms with E-state index in [1.165, 1.54) is 11.1 Å². The third-order valence-corrected chi connectivity index (χ3v) is 4.37. The quantitative estimate of drug-likeness (QED) is 0.770. The molecule has 0 bridgehead atoms. The topological polar surface area (TPSA) is 20.3 Å². The molecule has 2 nitrogen and oxygen atoms in total. The summed E-state index contributed by atoms with van der Waals surface area (Å²) >= 11 is 12.2. The SMILES string of the molecule is CCC(=O)N1Cc2ccc(-c3ccc(Cl)cc3Cl)cc2C1. The van der Waals surface area contributed by atoms with E-state index in [9.17, 15) is 4.79 Å². The van der Waals surface area contributed by atoms with E-state index in [-0.39, 0.29) is 5.91 Å². The van der Waals surface area contributed by atoms with Crippen molar-refractivity contribution in [2.45, 2.75) is 26.4 Å². The van der Waals surface area contributed by atoms with Crippen LogP contribution < -0.4 is 0 Å². The molecule has 0 radical (unpaired) electrons. The molecule has 0 spiro atoms. The van der Waals surface area contributed by atoms with Crippen molar-refractivity contribution in [2.75, 3.05) is 0 Å². The van der Waals surface area contributed by atoms with Crippen molar-refractivity contribution in [1.82, 2.24) is 4.90 Å². The first-order chi connectivity index (χ1) is 10.1. The second kappa shape index (κ2) is 5.70. The Bertz CT molecular complexity index is 712. The Morgan fingerprint density at radius 2 is 1.86 bits per heavy atom. The maximum Gasteiger partial charge on any atom is 0.222 e. The molecule has 1 aliphatic rings. The predicted octanol–water partition coefficient (Wildman–Crippen LogP) is 4.91. The molecule has 0 atom stereocenters. The number of nitrogens with zero attached hydrogens (tertiary/aromatic N) is 1. The largest absolute Gasteiger partial charge is 0.334 e. The van der Waals surface area contributed by atoms with Crippen LogP contribution in [0.5, 0.6) is 0 Å². The number of fused-ring (bicyclic) bond motifs is 1.